The first kappa shape index (κ1) is 16.9. The van der Waals surface area contributed by atoms with Crippen molar-refractivity contribution < 1.29 is 13.9 Å². The first-order valence-electron chi connectivity index (χ1n) is 7.62. The lowest BCUT2D eigenvalue weighted by Crippen LogP contribution is -1.94. The maximum atomic E-state index is 14.2. The van der Waals surface area contributed by atoms with Gasteiger partial charge in [0.15, 0.2) is 5.78 Å². The molecule has 0 aliphatic carbocycles. The van der Waals surface area contributed by atoms with E-state index in [0.29, 0.717) is 27.6 Å². The Morgan fingerprint density at radius 1 is 0.920 bits per heavy atom. The van der Waals surface area contributed by atoms with Crippen molar-refractivity contribution in [2.24, 2.45) is 0 Å². The molecule has 0 fully saturated rings. The molecule has 3 rings (SSSR count). The molecule has 0 saturated carbocycles. The molecule has 0 amide bonds. The van der Waals surface area contributed by atoms with Crippen molar-refractivity contribution in [3.05, 3.63) is 101 Å². The van der Waals surface area contributed by atoms with Crippen molar-refractivity contribution in [3.63, 3.8) is 0 Å². The monoisotopic (exact) mass is 352 g/mol. The third-order valence-corrected chi connectivity index (χ3v) is 3.75. The predicted molar refractivity (Wildman–Crippen MR) is 97.7 cm³/mol. The number of benzene rings is 3. The van der Waals surface area contributed by atoms with Crippen LogP contribution in [-0.4, -0.2) is 5.78 Å². The number of para-hydroxylation sites is 1. The molecule has 0 radical (unpaired) electrons. The molecule has 3 aromatic carbocycles. The molecule has 0 atom stereocenters. The van der Waals surface area contributed by atoms with Crippen molar-refractivity contribution in [3.8, 4) is 11.5 Å². The van der Waals surface area contributed by atoms with Gasteiger partial charge in [-0.2, -0.15) is 0 Å². The van der Waals surface area contributed by atoms with Crippen LogP contribution in [-0.2, 0) is 0 Å². The Morgan fingerprint density at radius 3 is 2.32 bits per heavy atom. The van der Waals surface area contributed by atoms with E-state index in [1.54, 1.807) is 48.5 Å². The van der Waals surface area contributed by atoms with Crippen LogP contribution in [0.4, 0.5) is 4.39 Å². The van der Waals surface area contributed by atoms with E-state index < -0.39 is 5.82 Å². The zero-order valence-electron chi connectivity index (χ0n) is 13.2. The predicted octanol–water partition coefficient (Wildman–Crippen LogP) is 6.17. The van der Waals surface area contributed by atoms with E-state index >= 15 is 0 Å². The van der Waals surface area contributed by atoms with Crippen molar-refractivity contribution in [1.29, 1.82) is 0 Å². The van der Waals surface area contributed by atoms with Crippen LogP contribution in [0.25, 0.3) is 6.08 Å². The summed E-state index contributed by atoms with van der Waals surface area (Å²) in [6, 6.07) is 20.2. The topological polar surface area (TPSA) is 26.3 Å². The Morgan fingerprint density at radius 2 is 1.64 bits per heavy atom. The van der Waals surface area contributed by atoms with E-state index in [0.717, 1.165) is 0 Å². The Hall–Kier alpha value is -2.91. The Labute approximate surface area is 150 Å². The lowest BCUT2D eigenvalue weighted by atomic mass is 10.1. The molecular weight excluding hydrogens is 339 g/mol. The number of hydrogen-bond donors (Lipinski definition) is 0. The number of carbonyl (C=O) groups excluding carboxylic acids is 1. The third kappa shape index (κ3) is 4.55. The minimum Gasteiger partial charge on any atom is -0.457 e. The van der Waals surface area contributed by atoms with E-state index in [1.165, 1.54) is 18.2 Å². The second-order valence-corrected chi connectivity index (χ2v) is 5.74. The standard InChI is InChI=1S/C21H14ClFO2/c22-17-10-6-16(7-11-17)21(24)13-9-15-8-12-19(14-20(15)23)25-18-4-2-1-3-5-18/h1-14H. The fraction of sp³-hybridized carbons (Fsp3) is 0. The van der Waals surface area contributed by atoms with Crippen LogP contribution in [0.1, 0.15) is 15.9 Å². The lowest BCUT2D eigenvalue weighted by molar-refractivity contribution is 0.104. The summed E-state index contributed by atoms with van der Waals surface area (Å²) in [5.41, 5.74) is 0.799. The van der Waals surface area contributed by atoms with Crippen molar-refractivity contribution in [2.75, 3.05) is 0 Å². The maximum absolute atomic E-state index is 14.2. The summed E-state index contributed by atoms with van der Waals surface area (Å²) in [4.78, 5) is 12.1. The summed E-state index contributed by atoms with van der Waals surface area (Å²) in [6.07, 6.45) is 2.78. The summed E-state index contributed by atoms with van der Waals surface area (Å²) in [7, 11) is 0. The fourth-order valence-corrected chi connectivity index (χ4v) is 2.33. The zero-order chi connectivity index (χ0) is 17.6. The molecule has 25 heavy (non-hydrogen) atoms. The summed E-state index contributed by atoms with van der Waals surface area (Å²) < 4.78 is 19.8. The smallest absolute Gasteiger partial charge is 0.185 e. The second kappa shape index (κ2) is 7.77. The molecule has 0 saturated heterocycles. The average molecular weight is 353 g/mol. The van der Waals surface area contributed by atoms with Crippen LogP contribution in [0.3, 0.4) is 0 Å². The molecule has 0 aliphatic heterocycles. The van der Waals surface area contributed by atoms with Gasteiger partial charge in [-0.25, -0.2) is 4.39 Å². The van der Waals surface area contributed by atoms with Gasteiger partial charge < -0.3 is 4.74 Å². The number of hydrogen-bond acceptors (Lipinski definition) is 2. The van der Waals surface area contributed by atoms with Gasteiger partial charge in [0.05, 0.1) is 0 Å². The molecular formula is C21H14ClFO2. The largest absolute Gasteiger partial charge is 0.457 e. The van der Waals surface area contributed by atoms with Gasteiger partial charge in [0.2, 0.25) is 0 Å². The van der Waals surface area contributed by atoms with Gasteiger partial charge in [0.25, 0.3) is 0 Å². The van der Waals surface area contributed by atoms with Crippen LogP contribution < -0.4 is 4.74 Å². The highest BCUT2D eigenvalue weighted by Gasteiger charge is 2.05. The molecule has 0 unspecified atom stereocenters. The molecule has 0 N–H and O–H groups in total. The second-order valence-electron chi connectivity index (χ2n) is 5.30. The van der Waals surface area contributed by atoms with E-state index in [9.17, 15) is 9.18 Å². The van der Waals surface area contributed by atoms with Gasteiger partial charge in [-0.3, -0.25) is 4.79 Å². The average Bonchev–Trinajstić information content (AvgIpc) is 2.62. The number of ether oxygens (including phenoxy) is 1. The van der Waals surface area contributed by atoms with Crippen LogP contribution in [0, 0.1) is 5.82 Å². The van der Waals surface area contributed by atoms with E-state index in [-0.39, 0.29) is 5.78 Å². The highest BCUT2D eigenvalue weighted by Crippen LogP contribution is 2.24. The fourth-order valence-electron chi connectivity index (χ4n) is 2.21. The zero-order valence-corrected chi connectivity index (χ0v) is 13.9. The highest BCUT2D eigenvalue weighted by atomic mass is 35.5. The van der Waals surface area contributed by atoms with Gasteiger partial charge in [-0.15, -0.1) is 0 Å². The van der Waals surface area contributed by atoms with Crippen LogP contribution in [0.5, 0.6) is 11.5 Å². The molecule has 0 spiro atoms. The number of carbonyl (C=O) groups is 1. The Balaban J connectivity index is 1.72. The number of allylic oxidation sites excluding steroid dienone is 1. The molecule has 0 aromatic heterocycles. The van der Waals surface area contributed by atoms with Crippen molar-refractivity contribution in [1.82, 2.24) is 0 Å². The van der Waals surface area contributed by atoms with Crippen molar-refractivity contribution in [2.45, 2.75) is 0 Å². The van der Waals surface area contributed by atoms with E-state index in [2.05, 4.69) is 0 Å². The number of ketones is 1. The van der Waals surface area contributed by atoms with Gasteiger partial charge >= 0.3 is 0 Å². The van der Waals surface area contributed by atoms with E-state index in [1.807, 2.05) is 18.2 Å². The first-order valence-corrected chi connectivity index (χ1v) is 8.00. The number of rotatable bonds is 5. The molecule has 3 aromatic rings. The lowest BCUT2D eigenvalue weighted by Gasteiger charge is -2.06. The van der Waals surface area contributed by atoms with Gasteiger partial charge in [-0.05, 0) is 60.7 Å². The molecule has 0 bridgehead atoms. The highest BCUT2D eigenvalue weighted by molar-refractivity contribution is 6.30. The number of halogens is 2. The van der Waals surface area contributed by atoms with Crippen molar-refractivity contribution >= 4 is 23.5 Å². The quantitative estimate of drug-likeness (QED) is 0.405. The van der Waals surface area contributed by atoms with E-state index in [4.69, 9.17) is 16.3 Å². The summed E-state index contributed by atoms with van der Waals surface area (Å²) >= 11 is 5.79. The molecule has 4 heteroatoms. The normalized spacial score (nSPS) is 10.8. The van der Waals surface area contributed by atoms with Gasteiger partial charge in [0, 0.05) is 22.2 Å². The molecule has 0 aliphatic rings. The maximum Gasteiger partial charge on any atom is 0.185 e. The molecule has 124 valence electrons. The van der Waals surface area contributed by atoms with Gasteiger partial charge in [0.1, 0.15) is 17.3 Å². The SMILES string of the molecule is O=C(C=Cc1ccc(Oc2ccccc2)cc1F)c1ccc(Cl)cc1. The Kier molecular flexibility index (Phi) is 5.26. The van der Waals surface area contributed by atoms with Crippen LogP contribution >= 0.6 is 11.6 Å². The molecule has 2 nitrogen and oxygen atoms in total. The summed E-state index contributed by atoms with van der Waals surface area (Å²) in [5, 5.41) is 0.556. The Bertz CT molecular complexity index is 903. The summed E-state index contributed by atoms with van der Waals surface area (Å²) in [6.45, 7) is 0. The molecule has 0 heterocycles. The first-order chi connectivity index (χ1) is 12.1. The minimum absolute atomic E-state index is 0.222. The summed E-state index contributed by atoms with van der Waals surface area (Å²) in [5.74, 6) is 0.335. The third-order valence-electron chi connectivity index (χ3n) is 3.49. The van der Waals surface area contributed by atoms with Crippen LogP contribution in [0.2, 0.25) is 5.02 Å². The van der Waals surface area contributed by atoms with Gasteiger partial charge in [-0.1, -0.05) is 29.8 Å². The van der Waals surface area contributed by atoms with Crippen LogP contribution in [0.15, 0.2) is 78.9 Å². The minimum atomic E-state index is -0.464.